The van der Waals surface area contributed by atoms with Crippen LogP contribution in [0, 0.1) is 0 Å². The minimum absolute atomic E-state index is 0.0474. The molecule has 0 saturated carbocycles. The van der Waals surface area contributed by atoms with Crippen molar-refractivity contribution in [1.29, 1.82) is 0 Å². The molecule has 0 bridgehead atoms. The Kier molecular flexibility index (Phi) is 5.01. The van der Waals surface area contributed by atoms with Crippen LogP contribution in [0.4, 0.5) is 0 Å². The Labute approximate surface area is 145 Å². The maximum atomic E-state index is 12.6. The van der Waals surface area contributed by atoms with E-state index in [4.69, 9.17) is 14.2 Å². The Morgan fingerprint density at radius 2 is 2.12 bits per heavy atom. The Morgan fingerprint density at radius 1 is 1.33 bits per heavy atom. The first-order valence-electron chi connectivity index (χ1n) is 7.70. The molecule has 3 rings (SSSR count). The lowest BCUT2D eigenvalue weighted by molar-refractivity contribution is 0.00332. The molecule has 1 aromatic carbocycles. The molecule has 1 aliphatic heterocycles. The van der Waals surface area contributed by atoms with Gasteiger partial charge in [-0.1, -0.05) is 0 Å². The van der Waals surface area contributed by atoms with Crippen LogP contribution < -0.4 is 9.47 Å². The van der Waals surface area contributed by atoms with Crippen LogP contribution in [0.3, 0.4) is 0 Å². The van der Waals surface area contributed by atoms with Crippen LogP contribution in [-0.2, 0) is 4.74 Å². The zero-order chi connectivity index (χ0) is 17.1. The second-order valence-corrected chi connectivity index (χ2v) is 6.39. The van der Waals surface area contributed by atoms with Crippen LogP contribution >= 0.6 is 11.3 Å². The standard InChI is InChI=1S/C17H20N2O4S/c1-11-9-23-7-6-19(11)17(20)13-10-24-16(18-13)12-4-5-14(21-2)15(8-12)22-3/h4-5,8,10-11H,6-7,9H2,1-3H3/t11-/m1/s1. The van der Waals surface area contributed by atoms with Crippen molar-refractivity contribution in [3.8, 4) is 22.1 Å². The van der Waals surface area contributed by atoms with Gasteiger partial charge in [0.25, 0.3) is 5.91 Å². The summed E-state index contributed by atoms with van der Waals surface area (Å²) >= 11 is 1.44. The molecule has 7 heteroatoms. The smallest absolute Gasteiger partial charge is 0.273 e. The first kappa shape index (κ1) is 16.7. The number of thiazole rings is 1. The summed E-state index contributed by atoms with van der Waals surface area (Å²) in [6, 6.07) is 5.67. The molecule has 2 heterocycles. The summed E-state index contributed by atoms with van der Waals surface area (Å²) in [5.41, 5.74) is 1.37. The van der Waals surface area contributed by atoms with Crippen LogP contribution in [0.2, 0.25) is 0 Å². The van der Waals surface area contributed by atoms with Crippen molar-refractivity contribution < 1.29 is 19.0 Å². The van der Waals surface area contributed by atoms with Gasteiger partial charge in [-0.2, -0.15) is 0 Å². The number of rotatable bonds is 4. The SMILES string of the molecule is COc1ccc(-c2nc(C(=O)N3CCOC[C@H]3C)cs2)cc1OC. The monoisotopic (exact) mass is 348 g/mol. The number of amides is 1. The van der Waals surface area contributed by atoms with Gasteiger partial charge in [-0.25, -0.2) is 4.98 Å². The molecule has 0 aliphatic carbocycles. The van der Waals surface area contributed by atoms with Crippen molar-refractivity contribution in [3.63, 3.8) is 0 Å². The van der Waals surface area contributed by atoms with E-state index in [1.807, 2.05) is 30.0 Å². The zero-order valence-electron chi connectivity index (χ0n) is 13.9. The number of nitrogens with zero attached hydrogens (tertiary/aromatic N) is 2. The van der Waals surface area contributed by atoms with E-state index in [0.717, 1.165) is 10.6 Å². The van der Waals surface area contributed by atoms with Gasteiger partial charge in [0.15, 0.2) is 11.5 Å². The Bertz CT molecular complexity index is 731. The molecule has 6 nitrogen and oxygen atoms in total. The molecular weight excluding hydrogens is 328 g/mol. The van der Waals surface area contributed by atoms with Gasteiger partial charge >= 0.3 is 0 Å². The largest absolute Gasteiger partial charge is 0.493 e. The third-order valence-electron chi connectivity index (χ3n) is 3.98. The van der Waals surface area contributed by atoms with Crippen LogP contribution in [0.25, 0.3) is 10.6 Å². The number of morpholine rings is 1. The maximum Gasteiger partial charge on any atom is 0.273 e. The van der Waals surface area contributed by atoms with Crippen LogP contribution in [0.5, 0.6) is 11.5 Å². The highest BCUT2D eigenvalue weighted by Crippen LogP contribution is 2.33. The third-order valence-corrected chi connectivity index (χ3v) is 4.87. The summed E-state index contributed by atoms with van der Waals surface area (Å²) < 4.78 is 16.0. The van der Waals surface area contributed by atoms with Crippen molar-refractivity contribution in [1.82, 2.24) is 9.88 Å². The molecule has 0 unspecified atom stereocenters. The topological polar surface area (TPSA) is 60.9 Å². The first-order chi connectivity index (χ1) is 11.6. The maximum absolute atomic E-state index is 12.6. The van der Waals surface area contributed by atoms with Crippen molar-refractivity contribution >= 4 is 17.2 Å². The molecule has 0 spiro atoms. The predicted molar refractivity (Wildman–Crippen MR) is 92.0 cm³/mol. The number of methoxy groups -OCH3 is 2. The molecule has 1 aliphatic rings. The van der Waals surface area contributed by atoms with Gasteiger partial charge in [0.2, 0.25) is 0 Å². The zero-order valence-corrected chi connectivity index (χ0v) is 14.8. The molecule has 1 amide bonds. The fourth-order valence-electron chi connectivity index (χ4n) is 2.65. The molecule has 0 radical (unpaired) electrons. The van der Waals surface area contributed by atoms with E-state index >= 15 is 0 Å². The summed E-state index contributed by atoms with van der Waals surface area (Å²) in [4.78, 5) is 19.0. The lowest BCUT2D eigenvalue weighted by atomic mass is 10.2. The molecule has 1 aromatic heterocycles. The van der Waals surface area contributed by atoms with Crippen molar-refractivity contribution in [3.05, 3.63) is 29.3 Å². The number of carbonyl (C=O) groups is 1. The molecule has 1 fully saturated rings. The average Bonchev–Trinajstić information content (AvgIpc) is 3.11. The van der Waals surface area contributed by atoms with Gasteiger partial charge in [0, 0.05) is 17.5 Å². The minimum atomic E-state index is -0.0474. The molecule has 128 valence electrons. The number of benzene rings is 1. The Morgan fingerprint density at radius 3 is 2.83 bits per heavy atom. The minimum Gasteiger partial charge on any atom is -0.493 e. The van der Waals surface area contributed by atoms with E-state index in [2.05, 4.69) is 4.98 Å². The normalized spacial score (nSPS) is 17.6. The van der Waals surface area contributed by atoms with Gasteiger partial charge in [0.05, 0.1) is 33.5 Å². The van der Waals surface area contributed by atoms with E-state index in [1.54, 1.807) is 19.6 Å². The molecule has 1 atom stereocenters. The van der Waals surface area contributed by atoms with Crippen LogP contribution in [0.1, 0.15) is 17.4 Å². The fraction of sp³-hybridized carbons (Fsp3) is 0.412. The summed E-state index contributed by atoms with van der Waals surface area (Å²) in [5.74, 6) is 1.25. The molecular formula is C17H20N2O4S. The van der Waals surface area contributed by atoms with Gasteiger partial charge in [-0.15, -0.1) is 11.3 Å². The van der Waals surface area contributed by atoms with Crippen molar-refractivity contribution in [2.75, 3.05) is 34.0 Å². The van der Waals surface area contributed by atoms with Crippen LogP contribution in [-0.4, -0.2) is 55.8 Å². The second-order valence-electron chi connectivity index (χ2n) is 5.53. The third kappa shape index (κ3) is 3.22. The fourth-order valence-corrected chi connectivity index (χ4v) is 3.44. The summed E-state index contributed by atoms with van der Waals surface area (Å²) in [6.45, 7) is 3.73. The molecule has 0 N–H and O–H groups in total. The lowest BCUT2D eigenvalue weighted by Crippen LogP contribution is -2.47. The number of ether oxygens (including phenoxy) is 3. The number of carbonyl (C=O) groups excluding carboxylic acids is 1. The Hall–Kier alpha value is -2.12. The van der Waals surface area contributed by atoms with Gasteiger partial charge in [0.1, 0.15) is 10.7 Å². The van der Waals surface area contributed by atoms with Crippen LogP contribution in [0.15, 0.2) is 23.6 Å². The molecule has 1 saturated heterocycles. The highest BCUT2D eigenvalue weighted by atomic mass is 32.1. The number of aromatic nitrogens is 1. The first-order valence-corrected chi connectivity index (χ1v) is 8.58. The van der Waals surface area contributed by atoms with E-state index in [9.17, 15) is 4.79 Å². The highest BCUT2D eigenvalue weighted by Gasteiger charge is 2.26. The lowest BCUT2D eigenvalue weighted by Gasteiger charge is -2.32. The average molecular weight is 348 g/mol. The van der Waals surface area contributed by atoms with Gasteiger partial charge in [-0.05, 0) is 25.1 Å². The predicted octanol–water partition coefficient (Wildman–Crippen LogP) is 2.69. The van der Waals surface area contributed by atoms with E-state index < -0.39 is 0 Å². The van der Waals surface area contributed by atoms with E-state index in [0.29, 0.717) is 37.0 Å². The molecule has 24 heavy (non-hydrogen) atoms. The number of hydrogen-bond acceptors (Lipinski definition) is 6. The number of hydrogen-bond donors (Lipinski definition) is 0. The summed E-state index contributed by atoms with van der Waals surface area (Å²) in [7, 11) is 3.19. The summed E-state index contributed by atoms with van der Waals surface area (Å²) in [5, 5.41) is 2.58. The van der Waals surface area contributed by atoms with Gasteiger partial charge in [-0.3, -0.25) is 4.79 Å². The van der Waals surface area contributed by atoms with E-state index in [-0.39, 0.29) is 11.9 Å². The molecule has 2 aromatic rings. The quantitative estimate of drug-likeness (QED) is 0.850. The van der Waals surface area contributed by atoms with Crippen molar-refractivity contribution in [2.45, 2.75) is 13.0 Å². The van der Waals surface area contributed by atoms with Crippen molar-refractivity contribution in [2.24, 2.45) is 0 Å². The van der Waals surface area contributed by atoms with E-state index in [1.165, 1.54) is 11.3 Å². The Balaban J connectivity index is 1.84. The van der Waals surface area contributed by atoms with Gasteiger partial charge < -0.3 is 19.1 Å². The summed E-state index contributed by atoms with van der Waals surface area (Å²) in [6.07, 6.45) is 0. The highest BCUT2D eigenvalue weighted by molar-refractivity contribution is 7.13. The second kappa shape index (κ2) is 7.19.